The Morgan fingerprint density at radius 2 is 1.85 bits per heavy atom. The maximum absolute atomic E-state index is 5.35. The molecule has 198 valence electrons. The van der Waals surface area contributed by atoms with Crippen LogP contribution in [0.3, 0.4) is 0 Å². The second-order valence-electron chi connectivity index (χ2n) is 11.9. The van der Waals surface area contributed by atoms with Crippen LogP contribution in [0.1, 0.15) is 66.1 Å². The maximum atomic E-state index is 5.35. The molecule has 0 spiro atoms. The van der Waals surface area contributed by atoms with Crippen LogP contribution in [0.15, 0.2) is 89.4 Å². The first-order valence-corrected chi connectivity index (χ1v) is 15.8. The number of nitrogens with two attached hydrogens (primary N) is 1. The third kappa shape index (κ3) is 4.33. The summed E-state index contributed by atoms with van der Waals surface area (Å²) in [5, 5.41) is 12.4. The van der Waals surface area contributed by atoms with Gasteiger partial charge in [-0.25, -0.2) is 0 Å². The third-order valence-corrected chi connectivity index (χ3v) is 11.1. The average molecular weight is 532 g/mol. The first-order chi connectivity index (χ1) is 19.3. The molecule has 0 bridgehead atoms. The van der Waals surface area contributed by atoms with Crippen LogP contribution in [0.2, 0.25) is 0 Å². The van der Waals surface area contributed by atoms with E-state index < -0.39 is 0 Å². The van der Waals surface area contributed by atoms with E-state index in [0.29, 0.717) is 17.1 Å². The molecule has 8 rings (SSSR count). The Morgan fingerprint density at radius 1 is 0.923 bits per heavy atom. The molecule has 3 nitrogen and oxygen atoms in total. The van der Waals surface area contributed by atoms with E-state index in [2.05, 4.69) is 107 Å². The van der Waals surface area contributed by atoms with Crippen LogP contribution < -0.4 is 10.6 Å². The number of benzene rings is 2. The highest BCUT2D eigenvalue weighted by atomic mass is 32.2. The zero-order chi connectivity index (χ0) is 25.8. The highest BCUT2D eigenvalue weighted by Crippen LogP contribution is 2.55. The van der Waals surface area contributed by atoms with E-state index in [4.69, 9.17) is 5.32 Å². The van der Waals surface area contributed by atoms with Gasteiger partial charge < -0.3 is 10.6 Å². The lowest BCUT2D eigenvalue weighted by molar-refractivity contribution is -0.725. The van der Waals surface area contributed by atoms with E-state index in [1.807, 2.05) is 0 Å². The van der Waals surface area contributed by atoms with Gasteiger partial charge in [-0.05, 0) is 95.2 Å². The van der Waals surface area contributed by atoms with Gasteiger partial charge in [-0.1, -0.05) is 85.1 Å². The summed E-state index contributed by atoms with van der Waals surface area (Å²) in [5.41, 5.74) is 10.7. The standard InChI is InChI=1S/C35H36N3S/c1-3-9-23(10-4-1)33-36-34(24-11-5-2-6-12-24)38-35(37-33)26-17-19-27-25(21-26)16-15-22-18-20-30-32(31(22)27)28-13-7-8-14-29(28)39-30/h1-5,7-10,13-16,21,24,28-29,33-35,37-38H,6,11-12,17-20H2/q-1/p+1. The molecule has 0 aromatic heterocycles. The molecule has 3 N–H and O–H groups in total. The topological polar surface area (TPSA) is 42.7 Å². The van der Waals surface area contributed by atoms with Gasteiger partial charge in [0.2, 0.25) is 0 Å². The molecule has 1 saturated heterocycles. The highest BCUT2D eigenvalue weighted by molar-refractivity contribution is 8.04. The number of nitrogens with zero attached hydrogens (tertiary/aromatic N) is 1. The predicted molar refractivity (Wildman–Crippen MR) is 163 cm³/mol. The number of thioether (sulfide) groups is 1. The minimum absolute atomic E-state index is 0.144. The van der Waals surface area contributed by atoms with Crippen LogP contribution in [0, 0.1) is 11.8 Å². The summed E-state index contributed by atoms with van der Waals surface area (Å²) in [4.78, 5) is 1.65. The van der Waals surface area contributed by atoms with Gasteiger partial charge in [0.15, 0.2) is 6.17 Å². The number of quaternary nitrogens is 1. The Morgan fingerprint density at radius 3 is 2.74 bits per heavy atom. The summed E-state index contributed by atoms with van der Waals surface area (Å²) in [7, 11) is 0. The second kappa shape index (κ2) is 10.1. The number of rotatable bonds is 3. The molecule has 2 aliphatic heterocycles. The Balaban J connectivity index is 1.13. The molecular formula is C35H37N3S. The Labute approximate surface area is 236 Å². The number of aryl methyl sites for hydroxylation is 1. The third-order valence-electron chi connectivity index (χ3n) is 9.67. The summed E-state index contributed by atoms with van der Waals surface area (Å²) in [5.74, 6) is 1.12. The molecule has 0 amide bonds. The predicted octanol–water partition coefficient (Wildman–Crippen LogP) is 6.78. The largest absolute Gasteiger partial charge is 0.590 e. The molecule has 0 saturated carbocycles. The smallest absolute Gasteiger partial charge is 0.160 e. The van der Waals surface area contributed by atoms with Crippen LogP contribution in [-0.2, 0) is 12.8 Å². The maximum Gasteiger partial charge on any atom is 0.160 e. The summed E-state index contributed by atoms with van der Waals surface area (Å²) in [6, 6.07) is 15.8. The van der Waals surface area contributed by atoms with E-state index in [9.17, 15) is 0 Å². The lowest BCUT2D eigenvalue weighted by atomic mass is 9.75. The second-order valence-corrected chi connectivity index (χ2v) is 13.2. The van der Waals surface area contributed by atoms with Crippen molar-refractivity contribution in [2.45, 2.75) is 68.7 Å². The van der Waals surface area contributed by atoms with Crippen molar-refractivity contribution in [3.63, 3.8) is 0 Å². The van der Waals surface area contributed by atoms with Gasteiger partial charge in [0.05, 0.1) is 0 Å². The van der Waals surface area contributed by atoms with Crippen molar-refractivity contribution in [1.82, 2.24) is 5.32 Å². The molecule has 1 fully saturated rings. The van der Waals surface area contributed by atoms with Crippen LogP contribution in [0.4, 0.5) is 0 Å². The fraction of sp³-hybridized carbons (Fsp3) is 0.371. The van der Waals surface area contributed by atoms with E-state index in [1.54, 1.807) is 27.2 Å². The van der Waals surface area contributed by atoms with Crippen molar-refractivity contribution in [2.24, 2.45) is 11.8 Å². The minimum atomic E-state index is 0.144. The van der Waals surface area contributed by atoms with E-state index in [-0.39, 0.29) is 18.5 Å². The minimum Gasteiger partial charge on any atom is -0.590 e. The van der Waals surface area contributed by atoms with Crippen molar-refractivity contribution in [2.75, 3.05) is 0 Å². The normalized spacial score (nSPS) is 32.8. The average Bonchev–Trinajstić information content (AvgIpc) is 3.40. The molecule has 2 aromatic carbocycles. The molecule has 6 unspecified atom stereocenters. The van der Waals surface area contributed by atoms with Crippen LogP contribution in [0.25, 0.3) is 17.0 Å². The first-order valence-electron chi connectivity index (χ1n) is 14.9. The molecule has 6 aliphatic rings. The Hall–Kier alpha value is -2.63. The number of fused-ring (bicyclic) bond motifs is 6. The van der Waals surface area contributed by atoms with Crippen molar-refractivity contribution in [3.8, 4) is 0 Å². The fourth-order valence-corrected chi connectivity index (χ4v) is 9.15. The molecule has 0 radical (unpaired) electrons. The zero-order valence-electron chi connectivity index (χ0n) is 22.4. The van der Waals surface area contributed by atoms with Crippen molar-refractivity contribution in [1.29, 1.82) is 0 Å². The molecule has 4 heteroatoms. The Kier molecular flexibility index (Phi) is 6.25. The number of hydrogen-bond acceptors (Lipinski definition) is 2. The monoisotopic (exact) mass is 531 g/mol. The van der Waals surface area contributed by atoms with E-state index in [1.165, 1.54) is 42.4 Å². The molecular weight excluding hydrogens is 494 g/mol. The van der Waals surface area contributed by atoms with Crippen LogP contribution in [0.5, 0.6) is 0 Å². The van der Waals surface area contributed by atoms with E-state index >= 15 is 0 Å². The van der Waals surface area contributed by atoms with Gasteiger partial charge in [-0.2, -0.15) is 0 Å². The number of hydrogen-bond donors (Lipinski definition) is 2. The molecule has 2 heterocycles. The number of nitrogens with one attached hydrogen (secondary N) is 1. The van der Waals surface area contributed by atoms with Gasteiger partial charge in [-0.15, -0.1) is 11.8 Å². The summed E-state index contributed by atoms with van der Waals surface area (Å²) < 4.78 is 0. The van der Waals surface area contributed by atoms with Gasteiger partial charge in [0.25, 0.3) is 0 Å². The lowest BCUT2D eigenvalue weighted by Crippen LogP contribution is -2.97. The van der Waals surface area contributed by atoms with Gasteiger partial charge in [0, 0.05) is 22.9 Å². The van der Waals surface area contributed by atoms with Gasteiger partial charge in [-0.3, -0.25) is 5.32 Å². The van der Waals surface area contributed by atoms with Gasteiger partial charge >= 0.3 is 0 Å². The zero-order valence-corrected chi connectivity index (χ0v) is 23.2. The van der Waals surface area contributed by atoms with Crippen molar-refractivity contribution >= 4 is 23.4 Å². The highest BCUT2D eigenvalue weighted by Gasteiger charge is 2.39. The van der Waals surface area contributed by atoms with E-state index in [0.717, 1.165) is 19.3 Å². The van der Waals surface area contributed by atoms with Gasteiger partial charge in [0.1, 0.15) is 0 Å². The first kappa shape index (κ1) is 24.2. The summed E-state index contributed by atoms with van der Waals surface area (Å²) >= 11 is 2.12. The van der Waals surface area contributed by atoms with Crippen LogP contribution in [-0.4, -0.2) is 17.6 Å². The SMILES string of the molecule is C1=CC2SC3=C(c4c(ccc5c4CCC(C4NC(C6CC=CCC6)[N-]C(c6ccccc6)[NH2+]4)=C5)CC3)C2C=C1. The van der Waals surface area contributed by atoms with Crippen molar-refractivity contribution in [3.05, 3.63) is 123 Å². The molecule has 4 aliphatic carbocycles. The molecule has 6 atom stereocenters. The fourth-order valence-electron chi connectivity index (χ4n) is 7.70. The molecule has 39 heavy (non-hydrogen) atoms. The Bertz CT molecular complexity index is 1430. The molecule has 2 aromatic rings. The summed E-state index contributed by atoms with van der Waals surface area (Å²) in [6.45, 7) is 0. The van der Waals surface area contributed by atoms with Crippen LogP contribution >= 0.6 is 11.8 Å². The quantitative estimate of drug-likeness (QED) is 0.429. The van der Waals surface area contributed by atoms with Crippen molar-refractivity contribution < 1.29 is 5.32 Å². The summed E-state index contributed by atoms with van der Waals surface area (Å²) in [6.07, 6.45) is 25.4. The number of allylic oxidation sites excluding steroid dienone is 7. The lowest BCUT2D eigenvalue weighted by Gasteiger charge is -2.51.